The normalized spacial score (nSPS) is 12.3. The van der Waals surface area contributed by atoms with Crippen LogP contribution in [0.4, 0.5) is 0 Å². The number of carbonyl (C=O) groups excluding carboxylic acids is 1. The zero-order valence-corrected chi connectivity index (χ0v) is 17.1. The van der Waals surface area contributed by atoms with Gasteiger partial charge in [-0.25, -0.2) is 4.79 Å². The van der Waals surface area contributed by atoms with Crippen LogP contribution in [-0.4, -0.2) is 19.6 Å². The van der Waals surface area contributed by atoms with Gasteiger partial charge in [-0.05, 0) is 45.2 Å². The Morgan fingerprint density at radius 1 is 1.09 bits per heavy atom. The molecule has 0 aromatic heterocycles. The summed E-state index contributed by atoms with van der Waals surface area (Å²) in [6.07, 6.45) is 5.82. The van der Waals surface area contributed by atoms with Gasteiger partial charge in [0.2, 0.25) is 0 Å². The molecule has 0 saturated carbocycles. The first kappa shape index (κ1) is 20.0. The fourth-order valence-electron chi connectivity index (χ4n) is 2.54. The van der Waals surface area contributed by atoms with Crippen molar-refractivity contribution in [1.82, 2.24) is 0 Å². The van der Waals surface area contributed by atoms with E-state index >= 15 is 0 Å². The molecule has 0 atom stereocenters. The Hall–Kier alpha value is -1.09. The van der Waals surface area contributed by atoms with E-state index in [1.165, 1.54) is 24.4 Å². The minimum absolute atomic E-state index is 0.190. The van der Waals surface area contributed by atoms with Crippen LogP contribution in [0.1, 0.15) is 69.3 Å². The van der Waals surface area contributed by atoms with E-state index in [1.54, 1.807) is 0 Å². The summed E-state index contributed by atoms with van der Waals surface area (Å²) in [6.45, 7) is 15.0. The van der Waals surface area contributed by atoms with Gasteiger partial charge in [-0.15, -0.1) is 0 Å². The van der Waals surface area contributed by atoms with Gasteiger partial charge in [-0.1, -0.05) is 63.1 Å². The van der Waals surface area contributed by atoms with Gasteiger partial charge >= 0.3 is 5.97 Å². The van der Waals surface area contributed by atoms with Crippen LogP contribution in [0.15, 0.2) is 18.2 Å². The Morgan fingerprint density at radius 3 is 2.26 bits per heavy atom. The molecule has 23 heavy (non-hydrogen) atoms. The summed E-state index contributed by atoms with van der Waals surface area (Å²) in [5.41, 5.74) is 1.46. The van der Waals surface area contributed by atoms with Gasteiger partial charge in [-0.3, -0.25) is 0 Å². The third-order valence-corrected chi connectivity index (χ3v) is 5.93. The van der Waals surface area contributed by atoms with Crippen molar-refractivity contribution < 1.29 is 9.53 Å². The summed E-state index contributed by atoms with van der Waals surface area (Å²) in [6, 6.07) is 6.37. The van der Waals surface area contributed by atoms with Crippen LogP contribution in [0, 0.1) is 0 Å². The number of unbranched alkanes of at least 4 members (excludes halogenated alkanes) is 3. The van der Waals surface area contributed by atoms with Crippen molar-refractivity contribution in [2.75, 3.05) is 0 Å². The molecule has 0 aliphatic rings. The summed E-state index contributed by atoms with van der Waals surface area (Å²) in [4.78, 5) is 12.5. The lowest BCUT2D eigenvalue weighted by Crippen LogP contribution is -2.38. The quantitative estimate of drug-likeness (QED) is 0.384. The van der Waals surface area contributed by atoms with Gasteiger partial charge in [-0.2, -0.15) is 0 Å². The van der Waals surface area contributed by atoms with Crippen LogP contribution in [-0.2, 0) is 11.2 Å². The molecular weight excluding hydrogens is 300 g/mol. The van der Waals surface area contributed by atoms with Crippen LogP contribution in [0.25, 0.3) is 0 Å². The first-order valence-corrected chi connectivity index (χ1v) is 12.4. The largest absolute Gasteiger partial charge is 0.456 e. The lowest BCUT2D eigenvalue weighted by Gasteiger charge is -2.22. The number of carbonyl (C=O) groups is 1. The highest BCUT2D eigenvalue weighted by Crippen LogP contribution is 2.19. The van der Waals surface area contributed by atoms with Crippen LogP contribution < -0.4 is 5.19 Å². The van der Waals surface area contributed by atoms with Gasteiger partial charge in [0.05, 0.1) is 13.6 Å². The minimum Gasteiger partial charge on any atom is -0.456 e. The molecule has 0 bridgehead atoms. The van der Waals surface area contributed by atoms with Crippen molar-refractivity contribution in [2.45, 2.75) is 85.0 Å². The minimum atomic E-state index is -1.38. The van der Waals surface area contributed by atoms with Gasteiger partial charge in [0.15, 0.2) is 0 Å². The Labute approximate surface area is 143 Å². The zero-order chi connectivity index (χ0) is 17.7. The van der Waals surface area contributed by atoms with Gasteiger partial charge in [0.1, 0.15) is 5.60 Å². The molecule has 0 saturated heterocycles. The SMILES string of the molecule is CCCCCCc1cc([Si](C)(C)C)ccc1C(=O)OC(C)(C)C. The Kier molecular flexibility index (Phi) is 7.06. The predicted molar refractivity (Wildman–Crippen MR) is 102 cm³/mol. The summed E-state index contributed by atoms with van der Waals surface area (Å²) in [5.74, 6) is -0.190. The van der Waals surface area contributed by atoms with Gasteiger partial charge in [0.25, 0.3) is 0 Å². The van der Waals surface area contributed by atoms with E-state index in [4.69, 9.17) is 4.74 Å². The third-order valence-electron chi connectivity index (χ3n) is 3.89. The molecule has 0 amide bonds. The van der Waals surface area contributed by atoms with Crippen molar-refractivity contribution in [3.05, 3.63) is 29.3 Å². The van der Waals surface area contributed by atoms with Crippen LogP contribution in [0.5, 0.6) is 0 Å². The highest BCUT2D eigenvalue weighted by molar-refractivity contribution is 6.88. The van der Waals surface area contributed by atoms with Crippen molar-refractivity contribution in [3.63, 3.8) is 0 Å². The van der Waals surface area contributed by atoms with E-state index < -0.39 is 13.7 Å². The highest BCUT2D eigenvalue weighted by Gasteiger charge is 2.23. The van der Waals surface area contributed by atoms with Crippen LogP contribution in [0.3, 0.4) is 0 Å². The number of hydrogen-bond acceptors (Lipinski definition) is 2. The van der Waals surface area contributed by atoms with Crippen LogP contribution >= 0.6 is 0 Å². The lowest BCUT2D eigenvalue weighted by atomic mass is 10.0. The number of benzene rings is 1. The Morgan fingerprint density at radius 2 is 1.74 bits per heavy atom. The van der Waals surface area contributed by atoms with Crippen molar-refractivity contribution >= 4 is 19.2 Å². The van der Waals surface area contributed by atoms with Crippen LogP contribution in [0.2, 0.25) is 19.6 Å². The molecule has 0 fully saturated rings. The van der Waals surface area contributed by atoms with E-state index in [-0.39, 0.29) is 5.97 Å². The van der Waals surface area contributed by atoms with Crippen molar-refractivity contribution in [2.24, 2.45) is 0 Å². The molecule has 0 aliphatic heterocycles. The number of rotatable bonds is 7. The molecular formula is C20H34O2Si. The molecule has 1 aromatic carbocycles. The standard InChI is InChI=1S/C20H34O2Si/c1-8-9-10-11-12-16-15-17(23(5,6)7)13-14-18(16)19(21)22-20(2,3)4/h13-15H,8-12H2,1-7H3. The average molecular weight is 335 g/mol. The summed E-state index contributed by atoms with van der Waals surface area (Å²) >= 11 is 0. The maximum absolute atomic E-state index is 12.5. The molecule has 2 nitrogen and oxygen atoms in total. The molecule has 1 rings (SSSR count). The molecule has 0 N–H and O–H groups in total. The lowest BCUT2D eigenvalue weighted by molar-refractivity contribution is 0.00683. The molecule has 1 aromatic rings. The second-order valence-corrected chi connectivity index (χ2v) is 13.5. The number of ether oxygens (including phenoxy) is 1. The topological polar surface area (TPSA) is 26.3 Å². The molecule has 0 radical (unpaired) electrons. The van der Waals surface area contributed by atoms with E-state index in [1.807, 2.05) is 26.8 Å². The molecule has 0 spiro atoms. The molecule has 130 valence electrons. The number of hydrogen-bond donors (Lipinski definition) is 0. The summed E-state index contributed by atoms with van der Waals surface area (Å²) in [5, 5.41) is 1.41. The van der Waals surface area contributed by atoms with E-state index in [0.717, 1.165) is 24.0 Å². The maximum atomic E-state index is 12.5. The smallest absolute Gasteiger partial charge is 0.338 e. The maximum Gasteiger partial charge on any atom is 0.338 e. The fourth-order valence-corrected chi connectivity index (χ4v) is 3.73. The second-order valence-electron chi connectivity index (χ2n) is 8.43. The number of aryl methyl sites for hydroxylation is 1. The molecule has 0 heterocycles. The summed E-state index contributed by atoms with van der Waals surface area (Å²) in [7, 11) is -1.38. The van der Waals surface area contributed by atoms with Gasteiger partial charge < -0.3 is 4.74 Å². The van der Waals surface area contributed by atoms with Crippen molar-refractivity contribution in [3.8, 4) is 0 Å². The first-order chi connectivity index (χ1) is 10.5. The first-order valence-electron chi connectivity index (χ1n) is 8.91. The van der Waals surface area contributed by atoms with E-state index in [9.17, 15) is 4.79 Å². The second kappa shape index (κ2) is 8.14. The average Bonchev–Trinajstić information content (AvgIpc) is 2.40. The fraction of sp³-hybridized carbons (Fsp3) is 0.650. The van der Waals surface area contributed by atoms with Gasteiger partial charge in [0, 0.05) is 0 Å². The third kappa shape index (κ3) is 6.90. The van der Waals surface area contributed by atoms with E-state index in [2.05, 4.69) is 38.7 Å². The predicted octanol–water partition coefficient (Wildman–Crippen LogP) is 5.31. The number of esters is 1. The zero-order valence-electron chi connectivity index (χ0n) is 16.1. The molecule has 3 heteroatoms. The van der Waals surface area contributed by atoms with E-state index in [0.29, 0.717) is 0 Å². The van der Waals surface area contributed by atoms with Crippen molar-refractivity contribution in [1.29, 1.82) is 0 Å². The Balaban J connectivity index is 3.05. The Bertz CT molecular complexity index is 521. The molecule has 0 aliphatic carbocycles. The molecule has 0 unspecified atom stereocenters. The monoisotopic (exact) mass is 334 g/mol. The highest BCUT2D eigenvalue weighted by atomic mass is 28.3. The summed E-state index contributed by atoms with van der Waals surface area (Å²) < 4.78 is 5.59.